The number of phenols is 1. The number of benzene rings is 1. The number of aromatic hydroxyl groups is 1. The van der Waals surface area contributed by atoms with Gasteiger partial charge in [0, 0.05) is 20.5 Å². The highest BCUT2D eigenvalue weighted by molar-refractivity contribution is 7.80. The monoisotopic (exact) mass is 291 g/mol. The minimum absolute atomic E-state index is 0.231. The SMILES string of the molecule is CN(C(=S)CCCc1nnnn1C)c1ccccc1O. The highest BCUT2D eigenvalue weighted by atomic mass is 32.1. The molecule has 2 rings (SSSR count). The van der Waals surface area contributed by atoms with Crippen molar-refractivity contribution in [3.05, 3.63) is 30.1 Å². The molecule has 0 saturated heterocycles. The van der Waals surface area contributed by atoms with Crippen LogP contribution >= 0.6 is 12.2 Å². The summed E-state index contributed by atoms with van der Waals surface area (Å²) in [4.78, 5) is 2.61. The predicted molar refractivity (Wildman–Crippen MR) is 80.8 cm³/mol. The first kappa shape index (κ1) is 14.4. The van der Waals surface area contributed by atoms with Crippen molar-refractivity contribution in [2.24, 2.45) is 7.05 Å². The Morgan fingerprint density at radius 3 is 2.80 bits per heavy atom. The molecule has 0 aliphatic rings. The van der Waals surface area contributed by atoms with Gasteiger partial charge in [0.2, 0.25) is 0 Å². The summed E-state index contributed by atoms with van der Waals surface area (Å²) >= 11 is 5.40. The molecule has 1 aromatic carbocycles. The molecule has 7 heteroatoms. The fourth-order valence-electron chi connectivity index (χ4n) is 1.91. The van der Waals surface area contributed by atoms with Crippen molar-refractivity contribution in [1.82, 2.24) is 20.2 Å². The first-order valence-electron chi connectivity index (χ1n) is 6.35. The third-order valence-corrected chi connectivity index (χ3v) is 3.59. The van der Waals surface area contributed by atoms with Gasteiger partial charge in [-0.05, 0) is 35.4 Å². The van der Waals surface area contributed by atoms with Gasteiger partial charge < -0.3 is 10.0 Å². The highest BCUT2D eigenvalue weighted by Crippen LogP contribution is 2.26. The van der Waals surface area contributed by atoms with E-state index < -0.39 is 0 Å². The van der Waals surface area contributed by atoms with E-state index in [1.165, 1.54) is 0 Å². The smallest absolute Gasteiger partial charge is 0.150 e. The van der Waals surface area contributed by atoms with Crippen molar-refractivity contribution in [1.29, 1.82) is 0 Å². The predicted octanol–water partition coefficient (Wildman–Crippen LogP) is 1.70. The van der Waals surface area contributed by atoms with Crippen LogP contribution in [0, 0.1) is 0 Å². The Hall–Kier alpha value is -2.02. The molecule has 20 heavy (non-hydrogen) atoms. The molecule has 0 radical (unpaired) electrons. The Morgan fingerprint density at radius 1 is 1.40 bits per heavy atom. The molecular formula is C13H17N5OS. The van der Waals surface area contributed by atoms with Crippen molar-refractivity contribution < 1.29 is 5.11 Å². The van der Waals surface area contributed by atoms with Gasteiger partial charge in [-0.25, -0.2) is 4.68 Å². The van der Waals surface area contributed by atoms with Crippen molar-refractivity contribution in [2.75, 3.05) is 11.9 Å². The molecule has 106 valence electrons. The molecule has 0 aliphatic heterocycles. The normalized spacial score (nSPS) is 10.5. The molecule has 1 heterocycles. The topological polar surface area (TPSA) is 67.1 Å². The summed E-state index contributed by atoms with van der Waals surface area (Å²) in [5.41, 5.74) is 0.720. The van der Waals surface area contributed by atoms with Crippen LogP contribution in [-0.2, 0) is 13.5 Å². The zero-order chi connectivity index (χ0) is 14.5. The number of rotatable bonds is 5. The fourth-order valence-corrected chi connectivity index (χ4v) is 2.15. The Morgan fingerprint density at radius 2 is 2.15 bits per heavy atom. The van der Waals surface area contributed by atoms with Crippen molar-refractivity contribution in [3.8, 4) is 5.75 Å². The largest absolute Gasteiger partial charge is 0.506 e. The van der Waals surface area contributed by atoms with Crippen LogP contribution in [0.3, 0.4) is 0 Å². The van der Waals surface area contributed by atoms with E-state index in [1.807, 2.05) is 31.1 Å². The van der Waals surface area contributed by atoms with E-state index >= 15 is 0 Å². The van der Waals surface area contributed by atoms with Gasteiger partial charge in [-0.2, -0.15) is 0 Å². The van der Waals surface area contributed by atoms with Crippen molar-refractivity contribution in [3.63, 3.8) is 0 Å². The number of aromatic nitrogens is 4. The maximum atomic E-state index is 9.81. The average Bonchev–Trinajstić information content (AvgIpc) is 2.84. The zero-order valence-corrected chi connectivity index (χ0v) is 12.3. The number of aryl methyl sites for hydroxylation is 2. The standard InChI is InChI=1S/C13H17N5OS/c1-17(10-6-3-4-7-11(10)19)13(20)9-5-8-12-14-15-16-18(12)2/h3-4,6-7,19H,5,8-9H2,1-2H3. The summed E-state index contributed by atoms with van der Waals surface area (Å²) in [5.74, 6) is 1.08. The van der Waals surface area contributed by atoms with E-state index in [1.54, 1.807) is 16.8 Å². The van der Waals surface area contributed by atoms with E-state index in [-0.39, 0.29) is 5.75 Å². The van der Waals surface area contributed by atoms with E-state index in [0.29, 0.717) is 0 Å². The van der Waals surface area contributed by atoms with Crippen LogP contribution in [0.25, 0.3) is 0 Å². The van der Waals surface area contributed by atoms with Gasteiger partial charge in [-0.3, -0.25) is 0 Å². The van der Waals surface area contributed by atoms with Gasteiger partial charge in [0.25, 0.3) is 0 Å². The lowest BCUT2D eigenvalue weighted by Crippen LogP contribution is -2.24. The number of tetrazole rings is 1. The number of hydrogen-bond acceptors (Lipinski definition) is 5. The molecule has 6 nitrogen and oxygen atoms in total. The van der Waals surface area contributed by atoms with Gasteiger partial charge in [0.05, 0.1) is 10.7 Å². The summed E-state index contributed by atoms with van der Waals surface area (Å²) in [6.07, 6.45) is 2.39. The maximum absolute atomic E-state index is 9.81. The first-order chi connectivity index (χ1) is 9.59. The van der Waals surface area contributed by atoms with Gasteiger partial charge in [-0.15, -0.1) is 5.10 Å². The maximum Gasteiger partial charge on any atom is 0.150 e. The fraction of sp³-hybridized carbons (Fsp3) is 0.385. The molecule has 0 saturated carbocycles. The van der Waals surface area contributed by atoms with Crippen molar-refractivity contribution >= 4 is 22.9 Å². The summed E-state index contributed by atoms with van der Waals surface area (Å²) in [5, 5.41) is 21.1. The summed E-state index contributed by atoms with van der Waals surface area (Å²) in [7, 11) is 3.68. The summed E-state index contributed by atoms with van der Waals surface area (Å²) in [6, 6.07) is 7.16. The molecular weight excluding hydrogens is 274 g/mol. The molecule has 1 aromatic heterocycles. The minimum atomic E-state index is 0.231. The molecule has 0 unspecified atom stereocenters. The summed E-state index contributed by atoms with van der Waals surface area (Å²) in [6.45, 7) is 0. The number of hydrogen-bond donors (Lipinski definition) is 1. The number of anilines is 1. The second-order valence-electron chi connectivity index (χ2n) is 4.51. The molecule has 0 aliphatic carbocycles. The van der Waals surface area contributed by atoms with Crippen LogP contribution in [-0.4, -0.2) is 37.3 Å². The lowest BCUT2D eigenvalue weighted by atomic mass is 10.2. The van der Waals surface area contributed by atoms with Crippen LogP contribution in [0.4, 0.5) is 5.69 Å². The third-order valence-electron chi connectivity index (χ3n) is 3.12. The van der Waals surface area contributed by atoms with E-state index in [4.69, 9.17) is 12.2 Å². The van der Waals surface area contributed by atoms with Gasteiger partial charge in [0.1, 0.15) is 5.75 Å². The Kier molecular flexibility index (Phi) is 4.62. The molecule has 0 spiro atoms. The van der Waals surface area contributed by atoms with E-state index in [0.717, 1.165) is 35.8 Å². The molecule has 1 N–H and O–H groups in total. The minimum Gasteiger partial charge on any atom is -0.506 e. The zero-order valence-electron chi connectivity index (χ0n) is 11.5. The number of phenolic OH excluding ortho intramolecular Hbond substituents is 1. The second kappa shape index (κ2) is 6.42. The number of para-hydroxylation sites is 2. The Bertz CT molecular complexity index is 598. The Balaban J connectivity index is 1.89. The van der Waals surface area contributed by atoms with E-state index in [2.05, 4.69) is 15.5 Å². The average molecular weight is 291 g/mol. The first-order valence-corrected chi connectivity index (χ1v) is 6.76. The van der Waals surface area contributed by atoms with Gasteiger partial charge >= 0.3 is 0 Å². The summed E-state index contributed by atoms with van der Waals surface area (Å²) < 4.78 is 1.66. The quantitative estimate of drug-likeness (QED) is 0.846. The molecule has 0 amide bonds. The molecule has 0 fully saturated rings. The van der Waals surface area contributed by atoms with Crippen LogP contribution in [0.5, 0.6) is 5.75 Å². The Labute approximate surface area is 123 Å². The second-order valence-corrected chi connectivity index (χ2v) is 4.98. The third kappa shape index (κ3) is 3.30. The van der Waals surface area contributed by atoms with Crippen LogP contribution in [0.15, 0.2) is 24.3 Å². The van der Waals surface area contributed by atoms with Gasteiger partial charge in [0.15, 0.2) is 5.82 Å². The van der Waals surface area contributed by atoms with Crippen LogP contribution in [0.1, 0.15) is 18.7 Å². The van der Waals surface area contributed by atoms with Crippen molar-refractivity contribution in [2.45, 2.75) is 19.3 Å². The molecule has 2 aromatic rings. The van der Waals surface area contributed by atoms with E-state index in [9.17, 15) is 5.11 Å². The highest BCUT2D eigenvalue weighted by Gasteiger charge is 2.11. The number of nitrogens with zero attached hydrogens (tertiary/aromatic N) is 5. The molecule has 0 bridgehead atoms. The lowest BCUT2D eigenvalue weighted by molar-refractivity contribution is 0.476. The van der Waals surface area contributed by atoms with Gasteiger partial charge in [-0.1, -0.05) is 24.4 Å². The lowest BCUT2D eigenvalue weighted by Gasteiger charge is -2.21. The number of thiocarbonyl (C=S) groups is 1. The molecule has 0 atom stereocenters. The van der Waals surface area contributed by atoms with Crippen LogP contribution in [0.2, 0.25) is 0 Å². The van der Waals surface area contributed by atoms with Crippen LogP contribution < -0.4 is 4.90 Å².